The first-order valence-electron chi connectivity index (χ1n) is 7.57. The van der Waals surface area contributed by atoms with E-state index in [1.807, 2.05) is 42.5 Å². The Morgan fingerprint density at radius 2 is 1.88 bits per heavy atom. The third-order valence-electron chi connectivity index (χ3n) is 3.57. The van der Waals surface area contributed by atoms with Crippen molar-refractivity contribution in [3.63, 3.8) is 0 Å². The molecule has 1 heterocycles. The lowest BCUT2D eigenvalue weighted by Crippen LogP contribution is -2.03. The Morgan fingerprint density at radius 3 is 2.54 bits per heavy atom. The smallest absolute Gasteiger partial charge is 0.308 e. The molecule has 2 aromatic carbocycles. The fourth-order valence-electron chi connectivity index (χ4n) is 2.41. The maximum absolute atomic E-state index is 11.3. The molecule has 2 aromatic rings. The third kappa shape index (κ3) is 3.68. The van der Waals surface area contributed by atoms with Crippen LogP contribution in [0.2, 0.25) is 0 Å². The molecule has 0 amide bonds. The van der Waals surface area contributed by atoms with Crippen molar-refractivity contribution in [2.75, 3.05) is 13.9 Å². The zero-order valence-electron chi connectivity index (χ0n) is 13.6. The molecule has 1 aliphatic rings. The van der Waals surface area contributed by atoms with Crippen LogP contribution in [-0.2, 0) is 11.2 Å². The highest BCUT2D eigenvalue weighted by molar-refractivity contribution is 5.70. The molecule has 0 saturated carbocycles. The lowest BCUT2D eigenvalue weighted by atomic mass is 10.1. The van der Waals surface area contributed by atoms with Gasteiger partial charge in [-0.05, 0) is 30.2 Å². The molecule has 3 rings (SSSR count). The maximum Gasteiger partial charge on any atom is 0.308 e. The average Bonchev–Trinajstić information content (AvgIpc) is 3.02. The summed E-state index contributed by atoms with van der Waals surface area (Å²) in [4.78, 5) is 11.3. The van der Waals surface area contributed by atoms with Gasteiger partial charge in [0.2, 0.25) is 6.79 Å². The van der Waals surface area contributed by atoms with Crippen LogP contribution in [0.5, 0.6) is 23.0 Å². The molecule has 0 unspecified atom stereocenters. The molecule has 0 radical (unpaired) electrons. The van der Waals surface area contributed by atoms with E-state index in [1.54, 1.807) is 13.2 Å². The summed E-state index contributed by atoms with van der Waals surface area (Å²) in [5.41, 5.74) is 1.92. The quantitative estimate of drug-likeness (QED) is 0.621. The number of rotatable bonds is 5. The molecule has 5 heteroatoms. The average molecular weight is 326 g/mol. The number of allylic oxidation sites excluding steroid dienone is 1. The van der Waals surface area contributed by atoms with E-state index in [0.717, 1.165) is 16.9 Å². The number of ether oxygens (including phenoxy) is 4. The molecule has 0 aromatic heterocycles. The monoisotopic (exact) mass is 326 g/mol. The minimum absolute atomic E-state index is 0.181. The van der Waals surface area contributed by atoms with Crippen LogP contribution in [0.1, 0.15) is 18.1 Å². The van der Waals surface area contributed by atoms with Crippen molar-refractivity contribution in [1.29, 1.82) is 0 Å². The lowest BCUT2D eigenvalue weighted by molar-refractivity contribution is -0.131. The second-order valence-electron chi connectivity index (χ2n) is 5.29. The first-order valence-corrected chi connectivity index (χ1v) is 7.57. The number of carbonyl (C=O) groups is 1. The minimum atomic E-state index is -0.366. The van der Waals surface area contributed by atoms with Gasteiger partial charge in [-0.3, -0.25) is 4.79 Å². The molecule has 0 spiro atoms. The Balaban J connectivity index is 1.77. The van der Waals surface area contributed by atoms with E-state index in [-0.39, 0.29) is 12.8 Å². The molecule has 124 valence electrons. The molecular weight excluding hydrogens is 308 g/mol. The second kappa shape index (κ2) is 7.08. The summed E-state index contributed by atoms with van der Waals surface area (Å²) < 4.78 is 21.1. The standard InChI is InChI=1S/C19H18O5/c1-13(20)24-17-11-19-18(22-12-23-19)10-15(17)5-3-4-14-6-8-16(21-2)9-7-14/h3-4,6-11H,5,12H2,1-2H3. The van der Waals surface area contributed by atoms with E-state index in [0.29, 0.717) is 23.7 Å². The number of fused-ring (bicyclic) bond motifs is 1. The zero-order valence-corrected chi connectivity index (χ0v) is 13.6. The predicted octanol–water partition coefficient (Wildman–Crippen LogP) is 3.61. The summed E-state index contributed by atoms with van der Waals surface area (Å²) in [7, 11) is 1.64. The maximum atomic E-state index is 11.3. The van der Waals surface area contributed by atoms with E-state index in [1.165, 1.54) is 6.92 Å². The zero-order chi connectivity index (χ0) is 16.9. The van der Waals surface area contributed by atoms with Gasteiger partial charge in [0.1, 0.15) is 11.5 Å². The Labute approximate surface area is 140 Å². The third-order valence-corrected chi connectivity index (χ3v) is 3.57. The summed E-state index contributed by atoms with van der Waals surface area (Å²) >= 11 is 0. The Bertz CT molecular complexity index is 762. The molecule has 1 aliphatic heterocycles. The summed E-state index contributed by atoms with van der Waals surface area (Å²) in [5, 5.41) is 0. The Hall–Kier alpha value is -2.95. The van der Waals surface area contributed by atoms with Crippen LogP contribution in [0.3, 0.4) is 0 Å². The van der Waals surface area contributed by atoms with Gasteiger partial charge in [0.25, 0.3) is 0 Å². The van der Waals surface area contributed by atoms with Crippen LogP contribution in [0.25, 0.3) is 6.08 Å². The van der Waals surface area contributed by atoms with Crippen LogP contribution >= 0.6 is 0 Å². The molecule has 0 aliphatic carbocycles. The van der Waals surface area contributed by atoms with E-state index in [4.69, 9.17) is 18.9 Å². The highest BCUT2D eigenvalue weighted by Crippen LogP contribution is 2.38. The molecule has 0 saturated heterocycles. The number of hydrogen-bond acceptors (Lipinski definition) is 5. The number of hydrogen-bond donors (Lipinski definition) is 0. The van der Waals surface area contributed by atoms with Crippen molar-refractivity contribution < 1.29 is 23.7 Å². The number of benzene rings is 2. The second-order valence-corrected chi connectivity index (χ2v) is 5.29. The van der Waals surface area contributed by atoms with Crippen LogP contribution in [0.15, 0.2) is 42.5 Å². The Kier molecular flexibility index (Phi) is 4.70. The number of esters is 1. The van der Waals surface area contributed by atoms with Crippen LogP contribution in [0.4, 0.5) is 0 Å². The minimum Gasteiger partial charge on any atom is -0.497 e. The summed E-state index contributed by atoms with van der Waals surface area (Å²) in [6.07, 6.45) is 4.61. The van der Waals surface area contributed by atoms with E-state index >= 15 is 0 Å². The predicted molar refractivity (Wildman–Crippen MR) is 89.6 cm³/mol. The van der Waals surface area contributed by atoms with Gasteiger partial charge in [0, 0.05) is 18.6 Å². The molecule has 0 N–H and O–H groups in total. The fraction of sp³-hybridized carbons (Fsp3) is 0.211. The van der Waals surface area contributed by atoms with Crippen molar-refractivity contribution in [1.82, 2.24) is 0 Å². The first-order chi connectivity index (χ1) is 11.7. The van der Waals surface area contributed by atoms with Gasteiger partial charge in [-0.15, -0.1) is 0 Å². The van der Waals surface area contributed by atoms with Crippen LogP contribution in [-0.4, -0.2) is 19.9 Å². The van der Waals surface area contributed by atoms with Gasteiger partial charge < -0.3 is 18.9 Å². The number of carbonyl (C=O) groups excluding carboxylic acids is 1. The van der Waals surface area contributed by atoms with Gasteiger partial charge in [-0.25, -0.2) is 0 Å². The highest BCUT2D eigenvalue weighted by Gasteiger charge is 2.18. The lowest BCUT2D eigenvalue weighted by Gasteiger charge is -2.09. The molecule has 5 nitrogen and oxygen atoms in total. The highest BCUT2D eigenvalue weighted by atomic mass is 16.7. The molecule has 0 atom stereocenters. The topological polar surface area (TPSA) is 54.0 Å². The largest absolute Gasteiger partial charge is 0.497 e. The SMILES string of the molecule is COc1ccc(C=CCc2cc3c(cc2OC(C)=O)OCO3)cc1. The summed E-state index contributed by atoms with van der Waals surface area (Å²) in [5.74, 6) is 2.20. The molecule has 0 fully saturated rings. The number of methoxy groups -OCH3 is 1. The Morgan fingerprint density at radius 1 is 1.17 bits per heavy atom. The van der Waals surface area contributed by atoms with Gasteiger partial charge in [-0.2, -0.15) is 0 Å². The van der Waals surface area contributed by atoms with E-state index < -0.39 is 0 Å². The molecule has 0 bridgehead atoms. The van der Waals surface area contributed by atoms with Gasteiger partial charge >= 0.3 is 5.97 Å². The van der Waals surface area contributed by atoms with Crippen molar-refractivity contribution >= 4 is 12.0 Å². The van der Waals surface area contributed by atoms with Crippen molar-refractivity contribution in [2.24, 2.45) is 0 Å². The fourth-order valence-corrected chi connectivity index (χ4v) is 2.41. The van der Waals surface area contributed by atoms with Crippen molar-refractivity contribution in [2.45, 2.75) is 13.3 Å². The van der Waals surface area contributed by atoms with Crippen molar-refractivity contribution in [3.8, 4) is 23.0 Å². The molecular formula is C19H18O5. The summed E-state index contributed by atoms with van der Waals surface area (Å²) in [6, 6.07) is 11.3. The molecule has 24 heavy (non-hydrogen) atoms. The van der Waals surface area contributed by atoms with Crippen LogP contribution in [0, 0.1) is 0 Å². The van der Waals surface area contributed by atoms with E-state index in [2.05, 4.69) is 0 Å². The summed E-state index contributed by atoms with van der Waals surface area (Å²) in [6.45, 7) is 1.56. The van der Waals surface area contributed by atoms with Gasteiger partial charge in [-0.1, -0.05) is 24.3 Å². The van der Waals surface area contributed by atoms with Gasteiger partial charge in [0.05, 0.1) is 7.11 Å². The normalized spacial score (nSPS) is 12.4. The van der Waals surface area contributed by atoms with Crippen molar-refractivity contribution in [3.05, 3.63) is 53.6 Å². The van der Waals surface area contributed by atoms with Crippen LogP contribution < -0.4 is 18.9 Å². The van der Waals surface area contributed by atoms with E-state index in [9.17, 15) is 4.79 Å². The first kappa shape index (κ1) is 15.9. The van der Waals surface area contributed by atoms with Gasteiger partial charge in [0.15, 0.2) is 11.5 Å².